The van der Waals surface area contributed by atoms with Gasteiger partial charge in [-0.25, -0.2) is 5.01 Å². The molecule has 0 radical (unpaired) electrons. The Morgan fingerprint density at radius 1 is 1.28 bits per heavy atom. The van der Waals surface area contributed by atoms with E-state index in [9.17, 15) is 0 Å². The molecule has 0 aromatic heterocycles. The molecule has 0 unspecified atom stereocenters. The first-order valence-corrected chi connectivity index (χ1v) is 8.61. The highest BCUT2D eigenvalue weighted by Crippen LogP contribution is 2.37. The van der Waals surface area contributed by atoms with Crippen molar-refractivity contribution in [2.75, 3.05) is 20.3 Å². The number of thiocarbonyl (C=S) groups is 1. The van der Waals surface area contributed by atoms with Crippen LogP contribution in [0.4, 0.5) is 0 Å². The maximum Gasteiger partial charge on any atom is 0.189 e. The van der Waals surface area contributed by atoms with Crippen LogP contribution < -0.4 is 14.8 Å². The number of rotatable bonds is 4. The minimum absolute atomic E-state index is 0.504. The van der Waals surface area contributed by atoms with Crippen molar-refractivity contribution in [1.29, 1.82) is 0 Å². The van der Waals surface area contributed by atoms with Crippen molar-refractivity contribution in [2.24, 2.45) is 5.10 Å². The van der Waals surface area contributed by atoms with Crippen molar-refractivity contribution in [2.45, 2.75) is 6.54 Å². The van der Waals surface area contributed by atoms with Crippen molar-refractivity contribution >= 4 is 35.1 Å². The number of hydrogen-bond acceptors (Lipinski definition) is 4. The van der Waals surface area contributed by atoms with Crippen molar-refractivity contribution < 1.29 is 9.47 Å². The van der Waals surface area contributed by atoms with Crippen LogP contribution in [-0.4, -0.2) is 36.6 Å². The van der Waals surface area contributed by atoms with Gasteiger partial charge in [0.15, 0.2) is 16.6 Å². The van der Waals surface area contributed by atoms with Gasteiger partial charge in [-0.3, -0.25) is 0 Å². The van der Waals surface area contributed by atoms with Gasteiger partial charge in [0.25, 0.3) is 0 Å². The fraction of sp³-hybridized carbons (Fsp3) is 0.222. The van der Waals surface area contributed by atoms with Gasteiger partial charge in [-0.15, -0.1) is 0 Å². The molecule has 25 heavy (non-hydrogen) atoms. The number of fused-ring (bicyclic) bond motifs is 1. The predicted molar refractivity (Wildman–Crippen MR) is 104 cm³/mol. The molecule has 0 amide bonds. The molecule has 1 aliphatic heterocycles. The van der Waals surface area contributed by atoms with Crippen LogP contribution in [0.25, 0.3) is 0 Å². The Hall–Kier alpha value is -2.31. The Morgan fingerprint density at radius 2 is 2.04 bits per heavy atom. The van der Waals surface area contributed by atoms with E-state index in [2.05, 4.69) is 10.4 Å². The highest BCUT2D eigenvalue weighted by Gasteiger charge is 2.16. The Bertz CT molecular complexity index is 783. The summed E-state index contributed by atoms with van der Waals surface area (Å²) in [4.78, 5) is 0. The lowest BCUT2D eigenvalue weighted by atomic mass is 10.2. The molecule has 7 heteroatoms. The number of hydrazone groups is 1. The molecule has 0 spiro atoms. The maximum atomic E-state index is 6.22. The monoisotopic (exact) mass is 375 g/mol. The molecule has 3 rings (SSSR count). The van der Waals surface area contributed by atoms with Crippen LogP contribution in [0.2, 0.25) is 5.02 Å². The zero-order valence-electron chi connectivity index (χ0n) is 13.7. The van der Waals surface area contributed by atoms with Gasteiger partial charge in [-0.1, -0.05) is 41.9 Å². The summed E-state index contributed by atoms with van der Waals surface area (Å²) in [5.41, 5.74) is 1.97. The van der Waals surface area contributed by atoms with Crippen LogP contribution in [0.3, 0.4) is 0 Å². The van der Waals surface area contributed by atoms with E-state index in [0.717, 1.165) is 11.1 Å². The molecule has 1 aliphatic rings. The summed E-state index contributed by atoms with van der Waals surface area (Å²) >= 11 is 11.6. The number of nitrogens with zero attached hydrogens (tertiary/aromatic N) is 2. The highest BCUT2D eigenvalue weighted by atomic mass is 35.5. The van der Waals surface area contributed by atoms with E-state index in [1.165, 1.54) is 0 Å². The molecule has 0 bridgehead atoms. The van der Waals surface area contributed by atoms with E-state index in [4.69, 9.17) is 33.3 Å². The third-order valence-electron chi connectivity index (χ3n) is 3.58. The van der Waals surface area contributed by atoms with Gasteiger partial charge >= 0.3 is 0 Å². The first kappa shape index (κ1) is 17.5. The minimum atomic E-state index is 0.504. The third-order valence-corrected chi connectivity index (χ3v) is 4.27. The van der Waals surface area contributed by atoms with Gasteiger partial charge in [0.05, 0.1) is 11.2 Å². The molecule has 1 heterocycles. The smallest absolute Gasteiger partial charge is 0.189 e. The molecular formula is C18H18ClN3O2S. The summed E-state index contributed by atoms with van der Waals surface area (Å²) < 4.78 is 11.1. The van der Waals surface area contributed by atoms with Crippen LogP contribution in [0, 0.1) is 0 Å². The van der Waals surface area contributed by atoms with Crippen molar-refractivity contribution in [3.8, 4) is 11.5 Å². The second-order valence-electron chi connectivity index (χ2n) is 5.44. The Balaban J connectivity index is 1.61. The summed E-state index contributed by atoms with van der Waals surface area (Å²) in [5, 5.41) is 10.2. The van der Waals surface area contributed by atoms with E-state index in [1.54, 1.807) is 24.3 Å². The third kappa shape index (κ3) is 4.61. The van der Waals surface area contributed by atoms with Gasteiger partial charge in [0.1, 0.15) is 13.2 Å². The lowest BCUT2D eigenvalue weighted by molar-refractivity contribution is 0.171. The summed E-state index contributed by atoms with van der Waals surface area (Å²) in [7, 11) is 1.79. The van der Waals surface area contributed by atoms with E-state index in [0.29, 0.717) is 41.4 Å². The Morgan fingerprint density at radius 3 is 2.84 bits per heavy atom. The fourth-order valence-corrected chi connectivity index (χ4v) is 2.69. The van der Waals surface area contributed by atoms with Gasteiger partial charge in [-0.05, 0) is 35.5 Å². The standard InChI is InChI=1S/C18H18ClN3O2S/c1-22(18(25)20-11-13-5-3-2-4-6-13)21-12-14-9-15(19)17-16(10-14)23-7-8-24-17/h2-6,9-10,12H,7-8,11H2,1H3,(H,20,25)/b21-12-. The van der Waals surface area contributed by atoms with Gasteiger partial charge in [0, 0.05) is 13.6 Å². The lowest BCUT2D eigenvalue weighted by Crippen LogP contribution is -2.33. The van der Waals surface area contributed by atoms with Crippen LogP contribution in [-0.2, 0) is 6.54 Å². The number of nitrogens with one attached hydrogen (secondary N) is 1. The molecule has 2 aromatic carbocycles. The number of hydrogen-bond donors (Lipinski definition) is 1. The molecular weight excluding hydrogens is 358 g/mol. The summed E-state index contributed by atoms with van der Waals surface area (Å²) in [6.45, 7) is 1.66. The molecule has 0 saturated carbocycles. The topological polar surface area (TPSA) is 46.1 Å². The Kier molecular flexibility index (Phi) is 5.73. The first-order valence-electron chi connectivity index (χ1n) is 7.82. The van der Waals surface area contributed by atoms with Crippen molar-refractivity contribution in [1.82, 2.24) is 10.3 Å². The molecule has 0 atom stereocenters. The average molecular weight is 376 g/mol. The van der Waals surface area contributed by atoms with Gasteiger partial charge < -0.3 is 14.8 Å². The van der Waals surface area contributed by atoms with E-state index in [-0.39, 0.29) is 0 Å². The molecule has 0 fully saturated rings. The molecule has 0 saturated heterocycles. The second kappa shape index (κ2) is 8.18. The highest BCUT2D eigenvalue weighted by molar-refractivity contribution is 7.80. The van der Waals surface area contributed by atoms with Crippen molar-refractivity contribution in [3.63, 3.8) is 0 Å². The summed E-state index contributed by atoms with van der Waals surface area (Å²) in [5.74, 6) is 1.21. The number of benzene rings is 2. The molecule has 1 N–H and O–H groups in total. The maximum absolute atomic E-state index is 6.22. The summed E-state index contributed by atoms with van der Waals surface area (Å²) in [6, 6.07) is 13.7. The predicted octanol–water partition coefficient (Wildman–Crippen LogP) is 3.45. The normalized spacial score (nSPS) is 12.9. The van der Waals surface area contributed by atoms with E-state index >= 15 is 0 Å². The van der Waals surface area contributed by atoms with Crippen molar-refractivity contribution in [3.05, 3.63) is 58.6 Å². The quantitative estimate of drug-likeness (QED) is 0.504. The lowest BCUT2D eigenvalue weighted by Gasteiger charge is -2.20. The van der Waals surface area contributed by atoms with Crippen LogP contribution >= 0.6 is 23.8 Å². The molecule has 130 valence electrons. The van der Waals surface area contributed by atoms with E-state index in [1.807, 2.05) is 36.4 Å². The molecule has 2 aromatic rings. The Labute approximate surface area is 157 Å². The van der Waals surface area contributed by atoms with Gasteiger partial charge in [0.2, 0.25) is 0 Å². The molecule has 0 aliphatic carbocycles. The number of halogens is 1. The largest absolute Gasteiger partial charge is 0.486 e. The average Bonchev–Trinajstić information content (AvgIpc) is 2.65. The van der Waals surface area contributed by atoms with Crippen LogP contribution in [0.1, 0.15) is 11.1 Å². The number of ether oxygens (including phenoxy) is 2. The second-order valence-corrected chi connectivity index (χ2v) is 6.23. The summed E-state index contributed by atoms with van der Waals surface area (Å²) in [6.07, 6.45) is 1.68. The SMILES string of the molecule is CN(/N=C\c1cc(Cl)c2c(c1)OCCO2)C(=S)NCc1ccccc1. The molecule has 5 nitrogen and oxygen atoms in total. The van der Waals surface area contributed by atoms with E-state index < -0.39 is 0 Å². The first-order chi connectivity index (χ1) is 12.1. The zero-order valence-corrected chi connectivity index (χ0v) is 15.3. The minimum Gasteiger partial charge on any atom is -0.486 e. The van der Waals surface area contributed by atoms with Crippen LogP contribution in [0.5, 0.6) is 11.5 Å². The van der Waals surface area contributed by atoms with Gasteiger partial charge in [-0.2, -0.15) is 5.10 Å². The zero-order chi connectivity index (χ0) is 17.6. The van der Waals surface area contributed by atoms with Crippen LogP contribution in [0.15, 0.2) is 47.6 Å². The fourth-order valence-electron chi connectivity index (χ4n) is 2.30.